The van der Waals surface area contributed by atoms with E-state index in [1.165, 1.54) is 19.3 Å². The number of thiol groups is 1. The summed E-state index contributed by atoms with van der Waals surface area (Å²) in [6.45, 7) is 4.53. The summed E-state index contributed by atoms with van der Waals surface area (Å²) < 4.78 is 1.79. The maximum Gasteiger partial charge on any atom is 0.253 e. The number of hydrogen-bond acceptors (Lipinski definition) is 3. The molecule has 1 aromatic rings. The molecule has 0 aliphatic heterocycles. The van der Waals surface area contributed by atoms with Gasteiger partial charge in [-0.25, -0.2) is 4.98 Å². The molecule has 0 saturated heterocycles. The smallest absolute Gasteiger partial charge is 0.253 e. The van der Waals surface area contributed by atoms with Crippen LogP contribution in [0.4, 0.5) is 0 Å². The summed E-state index contributed by atoms with van der Waals surface area (Å²) in [7, 11) is 0. The summed E-state index contributed by atoms with van der Waals surface area (Å²) in [6, 6.07) is 1.61. The second-order valence-electron chi connectivity index (χ2n) is 4.88. The molecule has 3 nitrogen and oxygen atoms in total. The number of aryl methyl sites for hydroxylation is 2. The third kappa shape index (κ3) is 2.03. The summed E-state index contributed by atoms with van der Waals surface area (Å²) in [6.07, 6.45) is 3.61. The lowest BCUT2D eigenvalue weighted by Gasteiger charge is -2.41. The van der Waals surface area contributed by atoms with Crippen LogP contribution in [0.1, 0.15) is 30.8 Å². The zero-order valence-electron chi connectivity index (χ0n) is 9.86. The van der Waals surface area contributed by atoms with Crippen LogP contribution in [0.15, 0.2) is 10.9 Å². The average molecular weight is 238 g/mol. The van der Waals surface area contributed by atoms with E-state index in [0.29, 0.717) is 0 Å². The molecule has 0 atom stereocenters. The Balaban J connectivity index is 2.31. The molecule has 1 aliphatic carbocycles. The van der Waals surface area contributed by atoms with E-state index in [2.05, 4.69) is 17.6 Å². The highest BCUT2D eigenvalue weighted by Crippen LogP contribution is 2.43. The molecule has 2 rings (SSSR count). The fourth-order valence-corrected chi connectivity index (χ4v) is 2.75. The van der Waals surface area contributed by atoms with Crippen molar-refractivity contribution in [3.05, 3.63) is 27.9 Å². The number of nitrogens with zero attached hydrogens (tertiary/aromatic N) is 2. The van der Waals surface area contributed by atoms with E-state index in [-0.39, 0.29) is 11.0 Å². The van der Waals surface area contributed by atoms with Gasteiger partial charge in [0.05, 0.1) is 0 Å². The largest absolute Gasteiger partial charge is 0.296 e. The molecule has 1 heterocycles. The predicted octanol–water partition coefficient (Wildman–Crippen LogP) is 1.96. The molecule has 1 saturated carbocycles. The third-order valence-electron chi connectivity index (χ3n) is 3.57. The van der Waals surface area contributed by atoms with E-state index < -0.39 is 0 Å². The molecular weight excluding hydrogens is 220 g/mol. The minimum absolute atomic E-state index is 0.0676. The summed E-state index contributed by atoms with van der Waals surface area (Å²) in [4.78, 5) is 16.2. The Hall–Kier alpha value is -0.770. The molecule has 0 bridgehead atoms. The van der Waals surface area contributed by atoms with Crippen LogP contribution >= 0.6 is 12.6 Å². The fraction of sp³-hybridized carbons (Fsp3) is 0.667. The highest BCUT2D eigenvalue weighted by molar-refractivity contribution is 7.80. The molecule has 0 radical (unpaired) electrons. The Bertz CT molecular complexity index is 443. The zero-order chi connectivity index (χ0) is 11.8. The van der Waals surface area contributed by atoms with E-state index in [9.17, 15) is 4.79 Å². The van der Waals surface area contributed by atoms with Crippen molar-refractivity contribution in [3.8, 4) is 0 Å². The molecule has 0 aromatic carbocycles. The monoisotopic (exact) mass is 238 g/mol. The molecule has 1 aliphatic rings. The van der Waals surface area contributed by atoms with Gasteiger partial charge in [-0.05, 0) is 37.9 Å². The summed E-state index contributed by atoms with van der Waals surface area (Å²) in [5.74, 6) is 1.67. The highest BCUT2D eigenvalue weighted by Gasteiger charge is 2.36. The summed E-state index contributed by atoms with van der Waals surface area (Å²) in [5, 5.41) is 0. The van der Waals surface area contributed by atoms with Crippen molar-refractivity contribution >= 4 is 12.6 Å². The van der Waals surface area contributed by atoms with Gasteiger partial charge in [-0.2, -0.15) is 12.6 Å². The van der Waals surface area contributed by atoms with Crippen LogP contribution < -0.4 is 5.56 Å². The summed E-state index contributed by atoms with van der Waals surface area (Å²) >= 11 is 4.42. The molecule has 0 unspecified atom stereocenters. The van der Waals surface area contributed by atoms with Gasteiger partial charge in [-0.15, -0.1) is 0 Å². The van der Waals surface area contributed by atoms with E-state index >= 15 is 0 Å². The first-order valence-electron chi connectivity index (χ1n) is 5.72. The van der Waals surface area contributed by atoms with Gasteiger partial charge in [-0.1, -0.05) is 6.42 Å². The first-order valence-corrected chi connectivity index (χ1v) is 6.36. The minimum atomic E-state index is 0.0676. The fourth-order valence-electron chi connectivity index (χ4n) is 2.33. The zero-order valence-corrected chi connectivity index (χ0v) is 10.8. The number of hydrogen-bond donors (Lipinski definition) is 1. The maximum atomic E-state index is 11.9. The third-order valence-corrected chi connectivity index (χ3v) is 4.24. The van der Waals surface area contributed by atoms with Crippen LogP contribution in [-0.2, 0) is 6.54 Å². The van der Waals surface area contributed by atoms with E-state index in [4.69, 9.17) is 0 Å². The SMILES string of the molecule is Cc1cc(=O)n(CC2(CS)CCC2)c(C)n1. The van der Waals surface area contributed by atoms with Crippen molar-refractivity contribution in [1.82, 2.24) is 9.55 Å². The first-order chi connectivity index (χ1) is 7.56. The topological polar surface area (TPSA) is 34.9 Å². The summed E-state index contributed by atoms with van der Waals surface area (Å²) in [5.41, 5.74) is 1.10. The Morgan fingerprint density at radius 2 is 2.19 bits per heavy atom. The van der Waals surface area contributed by atoms with Gasteiger partial charge in [0, 0.05) is 18.3 Å². The van der Waals surface area contributed by atoms with Gasteiger partial charge >= 0.3 is 0 Å². The molecule has 4 heteroatoms. The quantitative estimate of drug-likeness (QED) is 0.817. The van der Waals surface area contributed by atoms with Gasteiger partial charge in [0.2, 0.25) is 0 Å². The van der Waals surface area contributed by atoms with Crippen molar-refractivity contribution in [3.63, 3.8) is 0 Å². The van der Waals surface area contributed by atoms with Crippen LogP contribution in [0, 0.1) is 19.3 Å². The van der Waals surface area contributed by atoms with Crippen LogP contribution in [0.25, 0.3) is 0 Å². The Morgan fingerprint density at radius 1 is 1.50 bits per heavy atom. The molecular formula is C12H18N2OS. The predicted molar refractivity (Wildman–Crippen MR) is 68.1 cm³/mol. The van der Waals surface area contributed by atoms with Gasteiger partial charge in [0.15, 0.2) is 0 Å². The van der Waals surface area contributed by atoms with Crippen LogP contribution in [0.5, 0.6) is 0 Å². The molecule has 88 valence electrons. The normalized spacial score (nSPS) is 18.2. The Morgan fingerprint density at radius 3 is 2.62 bits per heavy atom. The highest BCUT2D eigenvalue weighted by atomic mass is 32.1. The van der Waals surface area contributed by atoms with Crippen molar-refractivity contribution in [2.45, 2.75) is 39.7 Å². The van der Waals surface area contributed by atoms with Gasteiger partial charge in [0.25, 0.3) is 5.56 Å². The van der Waals surface area contributed by atoms with Crippen LogP contribution in [0.3, 0.4) is 0 Å². The van der Waals surface area contributed by atoms with Gasteiger partial charge < -0.3 is 0 Å². The molecule has 0 N–H and O–H groups in total. The van der Waals surface area contributed by atoms with Crippen LogP contribution in [-0.4, -0.2) is 15.3 Å². The second-order valence-corrected chi connectivity index (χ2v) is 5.20. The lowest BCUT2D eigenvalue weighted by atomic mass is 9.70. The van der Waals surface area contributed by atoms with Gasteiger partial charge in [-0.3, -0.25) is 9.36 Å². The van der Waals surface area contributed by atoms with E-state index in [1.807, 2.05) is 13.8 Å². The number of aromatic nitrogens is 2. The van der Waals surface area contributed by atoms with Gasteiger partial charge in [0.1, 0.15) is 5.82 Å². The standard InChI is InChI=1S/C12H18N2OS/c1-9-6-11(15)14(10(2)13-9)7-12(8-16)4-3-5-12/h6,16H,3-5,7-8H2,1-2H3. The van der Waals surface area contributed by atoms with E-state index in [1.54, 1.807) is 10.6 Å². The molecule has 0 spiro atoms. The molecule has 1 fully saturated rings. The Kier molecular flexibility index (Phi) is 3.10. The van der Waals surface area contributed by atoms with Crippen molar-refractivity contribution in [2.24, 2.45) is 5.41 Å². The Labute approximate surface area is 101 Å². The maximum absolute atomic E-state index is 11.9. The molecule has 0 amide bonds. The average Bonchev–Trinajstić information content (AvgIpc) is 2.14. The second kappa shape index (κ2) is 4.24. The van der Waals surface area contributed by atoms with Crippen molar-refractivity contribution in [1.29, 1.82) is 0 Å². The molecule has 1 aromatic heterocycles. The minimum Gasteiger partial charge on any atom is -0.296 e. The number of rotatable bonds is 3. The van der Waals surface area contributed by atoms with E-state index in [0.717, 1.165) is 23.8 Å². The van der Waals surface area contributed by atoms with Crippen molar-refractivity contribution < 1.29 is 0 Å². The first kappa shape index (κ1) is 11.7. The lowest BCUT2D eigenvalue weighted by molar-refractivity contribution is 0.135. The van der Waals surface area contributed by atoms with Crippen LogP contribution in [0.2, 0.25) is 0 Å². The molecule has 16 heavy (non-hydrogen) atoms. The van der Waals surface area contributed by atoms with Crippen molar-refractivity contribution in [2.75, 3.05) is 5.75 Å². The lowest BCUT2D eigenvalue weighted by Crippen LogP contribution is -2.40.